The SMILES string of the molecule is CC(C)CCN(C1=CC(Cl)=C(C#N)CC1)C1CCN(C(=O)CCc2ccccc2)C1. The predicted octanol–water partition coefficient (Wildman–Crippen LogP) is 5.26. The number of hydrogen-bond donors (Lipinski definition) is 0. The molecule has 1 atom stereocenters. The lowest BCUT2D eigenvalue weighted by molar-refractivity contribution is -0.130. The highest BCUT2D eigenvalue weighted by atomic mass is 35.5. The first-order valence-corrected chi connectivity index (χ1v) is 11.4. The van der Waals surface area contributed by atoms with Gasteiger partial charge in [0.15, 0.2) is 0 Å². The van der Waals surface area contributed by atoms with Gasteiger partial charge in [-0.05, 0) is 49.7 Å². The van der Waals surface area contributed by atoms with Gasteiger partial charge < -0.3 is 9.80 Å². The monoisotopic (exact) mass is 425 g/mol. The molecule has 1 unspecified atom stereocenters. The molecular formula is C25H32ClN3O. The number of rotatable bonds is 8. The van der Waals surface area contributed by atoms with E-state index in [4.69, 9.17) is 11.6 Å². The molecule has 2 aliphatic rings. The topological polar surface area (TPSA) is 47.3 Å². The fourth-order valence-corrected chi connectivity index (χ4v) is 4.51. The van der Waals surface area contributed by atoms with E-state index in [2.05, 4.69) is 36.9 Å². The van der Waals surface area contributed by atoms with Crippen LogP contribution in [-0.4, -0.2) is 41.4 Å². The molecule has 5 heteroatoms. The molecule has 3 rings (SSSR count). The lowest BCUT2D eigenvalue weighted by atomic mass is 10.00. The minimum Gasteiger partial charge on any atom is -0.370 e. The predicted molar refractivity (Wildman–Crippen MR) is 122 cm³/mol. The number of halogens is 1. The molecule has 0 aromatic heterocycles. The summed E-state index contributed by atoms with van der Waals surface area (Å²) in [7, 11) is 0. The fourth-order valence-electron chi connectivity index (χ4n) is 4.25. The molecule has 0 bridgehead atoms. The number of benzene rings is 1. The number of carbonyl (C=O) groups is 1. The highest BCUT2D eigenvalue weighted by Crippen LogP contribution is 2.31. The third kappa shape index (κ3) is 5.89. The molecule has 1 aliphatic heterocycles. The second-order valence-corrected chi connectivity index (χ2v) is 9.12. The fraction of sp³-hybridized carbons (Fsp3) is 0.520. The van der Waals surface area contributed by atoms with Crippen molar-refractivity contribution in [2.24, 2.45) is 5.92 Å². The van der Waals surface area contributed by atoms with E-state index in [9.17, 15) is 10.1 Å². The quantitative estimate of drug-likeness (QED) is 0.570. The van der Waals surface area contributed by atoms with E-state index in [1.807, 2.05) is 29.2 Å². The van der Waals surface area contributed by atoms with Crippen LogP contribution in [0.3, 0.4) is 0 Å². The molecule has 1 fully saturated rings. The van der Waals surface area contributed by atoms with Gasteiger partial charge in [-0.15, -0.1) is 0 Å². The average Bonchev–Trinajstić information content (AvgIpc) is 3.23. The van der Waals surface area contributed by atoms with Gasteiger partial charge in [0, 0.05) is 43.4 Å². The molecule has 1 amide bonds. The number of nitrogens with zero attached hydrogens (tertiary/aromatic N) is 3. The van der Waals surface area contributed by atoms with Gasteiger partial charge in [0.05, 0.1) is 11.1 Å². The Hall–Kier alpha value is -2.25. The Morgan fingerprint density at radius 3 is 2.73 bits per heavy atom. The van der Waals surface area contributed by atoms with Crippen molar-refractivity contribution in [3.8, 4) is 6.07 Å². The van der Waals surface area contributed by atoms with Crippen molar-refractivity contribution in [2.45, 2.75) is 58.4 Å². The minimum atomic E-state index is 0.243. The van der Waals surface area contributed by atoms with Gasteiger partial charge in [0.25, 0.3) is 0 Å². The van der Waals surface area contributed by atoms with Crippen molar-refractivity contribution in [1.29, 1.82) is 5.26 Å². The summed E-state index contributed by atoms with van der Waals surface area (Å²) in [5.41, 5.74) is 3.10. The van der Waals surface area contributed by atoms with E-state index >= 15 is 0 Å². The standard InChI is InChI=1S/C25H32ClN3O/c1-19(2)12-15-29(22-10-9-21(17-27)24(26)16-22)23-13-14-28(18-23)25(30)11-8-20-6-4-3-5-7-20/h3-7,16,19,23H,8-15,18H2,1-2H3. The highest BCUT2D eigenvalue weighted by molar-refractivity contribution is 6.32. The zero-order valence-corrected chi connectivity index (χ0v) is 18.9. The summed E-state index contributed by atoms with van der Waals surface area (Å²) in [6, 6.07) is 12.7. The first-order chi connectivity index (χ1) is 14.5. The van der Waals surface area contributed by atoms with Crippen LogP contribution in [0.15, 0.2) is 52.7 Å². The van der Waals surface area contributed by atoms with E-state index in [-0.39, 0.29) is 5.91 Å². The van der Waals surface area contributed by atoms with Crippen LogP contribution >= 0.6 is 11.6 Å². The number of likely N-dealkylation sites (tertiary alicyclic amines) is 1. The smallest absolute Gasteiger partial charge is 0.222 e. The van der Waals surface area contributed by atoms with Gasteiger partial charge in [0.2, 0.25) is 5.91 Å². The molecule has 0 N–H and O–H groups in total. The van der Waals surface area contributed by atoms with Gasteiger partial charge >= 0.3 is 0 Å². The van der Waals surface area contributed by atoms with Crippen LogP contribution in [0.1, 0.15) is 51.5 Å². The Labute approximate surface area is 185 Å². The highest BCUT2D eigenvalue weighted by Gasteiger charge is 2.32. The van der Waals surface area contributed by atoms with Crippen molar-refractivity contribution >= 4 is 17.5 Å². The summed E-state index contributed by atoms with van der Waals surface area (Å²) in [4.78, 5) is 17.3. The second-order valence-electron chi connectivity index (χ2n) is 8.72. The Bertz CT molecular complexity index is 838. The summed E-state index contributed by atoms with van der Waals surface area (Å²) < 4.78 is 0. The summed E-state index contributed by atoms with van der Waals surface area (Å²) in [5, 5.41) is 9.79. The van der Waals surface area contributed by atoms with Gasteiger partial charge in [-0.2, -0.15) is 5.26 Å². The van der Waals surface area contributed by atoms with E-state index in [1.54, 1.807) is 0 Å². The van der Waals surface area contributed by atoms with Crippen molar-refractivity contribution < 1.29 is 4.79 Å². The van der Waals surface area contributed by atoms with E-state index in [1.165, 1.54) is 11.3 Å². The van der Waals surface area contributed by atoms with Crippen molar-refractivity contribution in [3.05, 3.63) is 58.3 Å². The van der Waals surface area contributed by atoms with Crippen molar-refractivity contribution in [3.63, 3.8) is 0 Å². The average molecular weight is 426 g/mol. The summed E-state index contributed by atoms with van der Waals surface area (Å²) in [6.07, 6.45) is 6.96. The maximum absolute atomic E-state index is 12.8. The van der Waals surface area contributed by atoms with Gasteiger partial charge in [-0.25, -0.2) is 0 Å². The molecule has 160 valence electrons. The molecule has 1 heterocycles. The van der Waals surface area contributed by atoms with Crippen LogP contribution < -0.4 is 0 Å². The Balaban J connectivity index is 1.64. The lowest BCUT2D eigenvalue weighted by Crippen LogP contribution is -2.39. The normalized spacial score (nSPS) is 19.1. The molecule has 1 aliphatic carbocycles. The molecule has 0 spiro atoms. The molecule has 0 saturated carbocycles. The van der Waals surface area contributed by atoms with Crippen LogP contribution in [0.2, 0.25) is 0 Å². The largest absolute Gasteiger partial charge is 0.370 e. The number of amides is 1. The summed E-state index contributed by atoms with van der Waals surface area (Å²) in [5.74, 6) is 0.856. The number of hydrogen-bond acceptors (Lipinski definition) is 3. The maximum atomic E-state index is 12.8. The van der Waals surface area contributed by atoms with Gasteiger partial charge in [-0.1, -0.05) is 55.8 Å². The van der Waals surface area contributed by atoms with Crippen LogP contribution in [0.4, 0.5) is 0 Å². The Morgan fingerprint density at radius 2 is 2.07 bits per heavy atom. The van der Waals surface area contributed by atoms with Crippen molar-refractivity contribution in [1.82, 2.24) is 9.80 Å². The zero-order chi connectivity index (χ0) is 21.5. The second kappa shape index (κ2) is 10.7. The summed E-state index contributed by atoms with van der Waals surface area (Å²) >= 11 is 6.36. The number of allylic oxidation sites excluding steroid dienone is 4. The summed E-state index contributed by atoms with van der Waals surface area (Å²) in [6.45, 7) is 7.03. The zero-order valence-electron chi connectivity index (χ0n) is 18.1. The Kier molecular flexibility index (Phi) is 7.99. The maximum Gasteiger partial charge on any atom is 0.222 e. The molecule has 4 nitrogen and oxygen atoms in total. The molecule has 0 radical (unpaired) electrons. The van der Waals surface area contributed by atoms with E-state index in [0.29, 0.717) is 35.4 Å². The minimum absolute atomic E-state index is 0.243. The van der Waals surface area contributed by atoms with Crippen molar-refractivity contribution in [2.75, 3.05) is 19.6 Å². The molecule has 30 heavy (non-hydrogen) atoms. The first kappa shape index (κ1) is 22.4. The van der Waals surface area contributed by atoms with Crippen LogP contribution in [0, 0.1) is 17.2 Å². The third-order valence-electron chi connectivity index (χ3n) is 6.09. The third-order valence-corrected chi connectivity index (χ3v) is 6.43. The number of carbonyl (C=O) groups excluding carboxylic acids is 1. The number of aryl methyl sites for hydroxylation is 1. The number of nitriles is 1. The van der Waals surface area contributed by atoms with Crippen LogP contribution in [-0.2, 0) is 11.2 Å². The lowest BCUT2D eigenvalue weighted by Gasteiger charge is -2.35. The van der Waals surface area contributed by atoms with Crippen LogP contribution in [0.5, 0.6) is 0 Å². The molecule has 1 aromatic rings. The Morgan fingerprint density at radius 1 is 1.30 bits per heavy atom. The first-order valence-electron chi connectivity index (χ1n) is 11.1. The molecule has 1 aromatic carbocycles. The van der Waals surface area contributed by atoms with E-state index in [0.717, 1.165) is 45.3 Å². The van der Waals surface area contributed by atoms with Gasteiger partial charge in [-0.3, -0.25) is 4.79 Å². The molecular weight excluding hydrogens is 394 g/mol. The molecule has 1 saturated heterocycles. The van der Waals surface area contributed by atoms with Crippen LogP contribution in [0.25, 0.3) is 0 Å². The van der Waals surface area contributed by atoms with Gasteiger partial charge in [0.1, 0.15) is 0 Å². The van der Waals surface area contributed by atoms with E-state index < -0.39 is 0 Å².